The molecule has 2 N–H and O–H groups in total. The van der Waals surface area contributed by atoms with Crippen molar-refractivity contribution in [3.8, 4) is 17.2 Å². The van der Waals surface area contributed by atoms with Gasteiger partial charge in [-0.3, -0.25) is 4.98 Å². The van der Waals surface area contributed by atoms with Gasteiger partial charge in [0.1, 0.15) is 17.2 Å². The Balaban J connectivity index is 2.06. The Morgan fingerprint density at radius 1 is 1.05 bits per heavy atom. The summed E-state index contributed by atoms with van der Waals surface area (Å²) in [6.45, 7) is 2.04. The number of hydrogen-bond acceptors (Lipinski definition) is 4. The lowest BCUT2D eigenvalue weighted by molar-refractivity contribution is 0.412. The number of methoxy groups -OCH3 is 1. The molecule has 0 aliphatic rings. The average molecular weight is 258 g/mol. The van der Waals surface area contributed by atoms with Gasteiger partial charge in [0.05, 0.1) is 19.0 Å². The fourth-order valence-corrected chi connectivity index (χ4v) is 1.66. The van der Waals surface area contributed by atoms with E-state index in [1.165, 1.54) is 0 Å². The molecule has 100 valence electrons. The Labute approximate surface area is 113 Å². The van der Waals surface area contributed by atoms with Gasteiger partial charge in [-0.25, -0.2) is 0 Å². The van der Waals surface area contributed by atoms with Crippen LogP contribution >= 0.6 is 0 Å². The number of benzene rings is 1. The van der Waals surface area contributed by atoms with Crippen LogP contribution in [0.1, 0.15) is 25.1 Å². The lowest BCUT2D eigenvalue weighted by Gasteiger charge is -2.10. The summed E-state index contributed by atoms with van der Waals surface area (Å²) in [5, 5.41) is 0. The van der Waals surface area contributed by atoms with Crippen molar-refractivity contribution in [3.63, 3.8) is 0 Å². The first-order valence-corrected chi connectivity index (χ1v) is 6.26. The van der Waals surface area contributed by atoms with Crippen LogP contribution in [-0.4, -0.2) is 12.1 Å². The molecular weight excluding hydrogens is 240 g/mol. The molecule has 0 bridgehead atoms. The molecule has 0 aliphatic carbocycles. The number of pyridine rings is 1. The average Bonchev–Trinajstić information content (AvgIpc) is 2.48. The van der Waals surface area contributed by atoms with Gasteiger partial charge in [0, 0.05) is 6.04 Å². The van der Waals surface area contributed by atoms with E-state index < -0.39 is 0 Å². The maximum absolute atomic E-state index is 5.91. The van der Waals surface area contributed by atoms with Crippen LogP contribution in [0.5, 0.6) is 17.2 Å². The van der Waals surface area contributed by atoms with E-state index in [9.17, 15) is 0 Å². The van der Waals surface area contributed by atoms with E-state index in [2.05, 4.69) is 4.98 Å². The van der Waals surface area contributed by atoms with Crippen LogP contribution in [0.2, 0.25) is 0 Å². The van der Waals surface area contributed by atoms with Crippen molar-refractivity contribution in [1.82, 2.24) is 4.98 Å². The molecule has 1 heterocycles. The molecule has 1 unspecified atom stereocenters. The minimum Gasteiger partial charge on any atom is -0.497 e. The lowest BCUT2D eigenvalue weighted by atomic mass is 10.1. The summed E-state index contributed by atoms with van der Waals surface area (Å²) in [7, 11) is 1.63. The van der Waals surface area contributed by atoms with Gasteiger partial charge < -0.3 is 15.2 Å². The maximum Gasteiger partial charge on any atom is 0.145 e. The Morgan fingerprint density at radius 3 is 2.21 bits per heavy atom. The fraction of sp³-hybridized carbons (Fsp3) is 0.267. The van der Waals surface area contributed by atoms with Crippen molar-refractivity contribution in [2.24, 2.45) is 5.73 Å². The molecule has 0 fully saturated rings. The van der Waals surface area contributed by atoms with E-state index in [1.54, 1.807) is 13.3 Å². The van der Waals surface area contributed by atoms with Crippen LogP contribution in [0.3, 0.4) is 0 Å². The molecule has 4 heteroatoms. The zero-order chi connectivity index (χ0) is 13.7. The van der Waals surface area contributed by atoms with Gasteiger partial charge in [-0.05, 0) is 42.8 Å². The molecule has 0 radical (unpaired) electrons. The van der Waals surface area contributed by atoms with Crippen LogP contribution in [-0.2, 0) is 0 Å². The van der Waals surface area contributed by atoms with Gasteiger partial charge >= 0.3 is 0 Å². The summed E-state index contributed by atoms with van der Waals surface area (Å²) in [5.41, 5.74) is 6.79. The molecule has 0 amide bonds. The Hall–Kier alpha value is -2.07. The summed E-state index contributed by atoms with van der Waals surface area (Å²) in [4.78, 5) is 4.30. The molecule has 0 saturated heterocycles. The van der Waals surface area contributed by atoms with Crippen LogP contribution in [0, 0.1) is 0 Å². The van der Waals surface area contributed by atoms with Crippen LogP contribution in [0.25, 0.3) is 0 Å². The lowest BCUT2D eigenvalue weighted by Crippen LogP contribution is -2.10. The molecule has 4 nitrogen and oxygen atoms in total. The third kappa shape index (κ3) is 3.45. The first-order valence-electron chi connectivity index (χ1n) is 6.26. The third-order valence-electron chi connectivity index (χ3n) is 2.87. The highest BCUT2D eigenvalue weighted by Gasteiger charge is 2.05. The van der Waals surface area contributed by atoms with Crippen molar-refractivity contribution < 1.29 is 9.47 Å². The molecule has 1 aromatic carbocycles. The smallest absolute Gasteiger partial charge is 0.145 e. The minimum atomic E-state index is -0.0185. The van der Waals surface area contributed by atoms with E-state index in [1.807, 2.05) is 43.3 Å². The van der Waals surface area contributed by atoms with E-state index in [4.69, 9.17) is 15.2 Å². The van der Waals surface area contributed by atoms with Gasteiger partial charge in [0.2, 0.25) is 0 Å². The number of aromatic nitrogens is 1. The second kappa shape index (κ2) is 6.20. The molecule has 0 aliphatic heterocycles. The zero-order valence-electron chi connectivity index (χ0n) is 11.2. The fourth-order valence-electron chi connectivity index (χ4n) is 1.66. The predicted molar refractivity (Wildman–Crippen MR) is 74.5 cm³/mol. The number of nitrogens with two attached hydrogens (primary N) is 1. The van der Waals surface area contributed by atoms with Gasteiger partial charge in [0.15, 0.2) is 0 Å². The van der Waals surface area contributed by atoms with E-state index in [0.29, 0.717) is 5.75 Å². The second-order valence-electron chi connectivity index (χ2n) is 4.21. The van der Waals surface area contributed by atoms with E-state index in [0.717, 1.165) is 23.6 Å². The van der Waals surface area contributed by atoms with Crippen molar-refractivity contribution in [1.29, 1.82) is 0 Å². The predicted octanol–water partition coefficient (Wildman–Crippen LogP) is 3.29. The minimum absolute atomic E-state index is 0.0185. The number of hydrogen-bond donors (Lipinski definition) is 1. The first-order chi connectivity index (χ1) is 9.22. The summed E-state index contributed by atoms with van der Waals surface area (Å²) in [6.07, 6.45) is 2.56. The number of nitrogens with zero attached hydrogens (tertiary/aromatic N) is 1. The van der Waals surface area contributed by atoms with Crippen LogP contribution in [0.4, 0.5) is 0 Å². The zero-order valence-corrected chi connectivity index (χ0v) is 11.2. The molecule has 0 saturated carbocycles. The molecule has 19 heavy (non-hydrogen) atoms. The Morgan fingerprint density at radius 2 is 1.68 bits per heavy atom. The number of rotatable bonds is 5. The summed E-state index contributed by atoms with van der Waals surface area (Å²) in [5.74, 6) is 2.24. The van der Waals surface area contributed by atoms with E-state index in [-0.39, 0.29) is 6.04 Å². The summed E-state index contributed by atoms with van der Waals surface area (Å²) >= 11 is 0. The van der Waals surface area contributed by atoms with Crippen LogP contribution < -0.4 is 15.2 Å². The van der Waals surface area contributed by atoms with Crippen LogP contribution in [0.15, 0.2) is 42.6 Å². The number of ether oxygens (including phenoxy) is 2. The maximum atomic E-state index is 5.91. The summed E-state index contributed by atoms with van der Waals surface area (Å²) in [6, 6.07) is 11.2. The SMILES string of the molecule is CCC(N)c1ccc(Oc2ccc(OC)cc2)cn1. The summed E-state index contributed by atoms with van der Waals surface area (Å²) < 4.78 is 10.8. The highest BCUT2D eigenvalue weighted by molar-refractivity contribution is 5.34. The quantitative estimate of drug-likeness (QED) is 0.894. The van der Waals surface area contributed by atoms with Crippen molar-refractivity contribution in [2.45, 2.75) is 19.4 Å². The topological polar surface area (TPSA) is 57.4 Å². The molecule has 2 rings (SSSR count). The molecular formula is C15H18N2O2. The van der Waals surface area contributed by atoms with Gasteiger partial charge in [-0.1, -0.05) is 6.92 Å². The Kier molecular flexibility index (Phi) is 4.36. The normalized spacial score (nSPS) is 11.9. The molecule has 2 aromatic rings. The van der Waals surface area contributed by atoms with Gasteiger partial charge in [-0.15, -0.1) is 0 Å². The molecule has 0 spiro atoms. The van der Waals surface area contributed by atoms with Gasteiger partial charge in [0.25, 0.3) is 0 Å². The van der Waals surface area contributed by atoms with Crippen molar-refractivity contribution >= 4 is 0 Å². The van der Waals surface area contributed by atoms with Crippen molar-refractivity contribution in [3.05, 3.63) is 48.3 Å². The standard InChI is InChI=1S/C15H18N2O2/c1-3-14(16)15-9-8-13(10-17-15)19-12-6-4-11(18-2)5-7-12/h4-10,14H,3,16H2,1-2H3. The third-order valence-corrected chi connectivity index (χ3v) is 2.87. The van der Waals surface area contributed by atoms with E-state index >= 15 is 0 Å². The highest BCUT2D eigenvalue weighted by Crippen LogP contribution is 2.24. The Bertz CT molecular complexity index is 509. The molecule has 1 aromatic heterocycles. The van der Waals surface area contributed by atoms with Crippen molar-refractivity contribution in [2.75, 3.05) is 7.11 Å². The first kappa shape index (κ1) is 13.4. The van der Waals surface area contributed by atoms with Gasteiger partial charge in [-0.2, -0.15) is 0 Å². The largest absolute Gasteiger partial charge is 0.497 e. The second-order valence-corrected chi connectivity index (χ2v) is 4.21. The highest BCUT2D eigenvalue weighted by atomic mass is 16.5. The monoisotopic (exact) mass is 258 g/mol. The molecule has 1 atom stereocenters.